The first-order chi connectivity index (χ1) is 7.55. The molecule has 0 aliphatic heterocycles. The summed E-state index contributed by atoms with van der Waals surface area (Å²) in [6, 6.07) is 4.55. The van der Waals surface area contributed by atoms with Gasteiger partial charge in [0.25, 0.3) is 0 Å². The van der Waals surface area contributed by atoms with Crippen molar-refractivity contribution in [3.63, 3.8) is 0 Å². The summed E-state index contributed by atoms with van der Waals surface area (Å²) in [5.41, 5.74) is 3.09. The van der Waals surface area contributed by atoms with Crippen LogP contribution in [0.3, 0.4) is 0 Å². The highest BCUT2D eigenvalue weighted by Crippen LogP contribution is 2.51. The standard InChI is InChI=1S/C13H14BrNO/c1-8-6-10(13(7-15)4-5-13)9(2)12(16-3)11(8)14/h6H,4-5H2,1-3H3. The molecule has 0 bridgehead atoms. The lowest BCUT2D eigenvalue weighted by atomic mass is 9.91. The zero-order chi connectivity index (χ0) is 11.9. The van der Waals surface area contributed by atoms with E-state index < -0.39 is 0 Å². The first kappa shape index (κ1) is 11.5. The average molecular weight is 280 g/mol. The maximum atomic E-state index is 9.26. The summed E-state index contributed by atoms with van der Waals surface area (Å²) >= 11 is 3.53. The number of nitrogens with zero attached hydrogens (tertiary/aromatic N) is 1. The number of ether oxygens (including phenoxy) is 1. The van der Waals surface area contributed by atoms with Crippen LogP contribution >= 0.6 is 15.9 Å². The number of aryl methyl sites for hydroxylation is 1. The molecule has 0 radical (unpaired) electrons. The molecule has 3 heteroatoms. The number of halogens is 1. The van der Waals surface area contributed by atoms with E-state index >= 15 is 0 Å². The fourth-order valence-electron chi connectivity index (χ4n) is 2.16. The van der Waals surface area contributed by atoms with Crippen molar-refractivity contribution in [2.24, 2.45) is 0 Å². The van der Waals surface area contributed by atoms with E-state index in [4.69, 9.17) is 4.74 Å². The SMILES string of the molecule is COc1c(C)c(C2(C#N)CC2)cc(C)c1Br. The molecule has 0 atom stereocenters. The normalized spacial score (nSPS) is 16.7. The maximum Gasteiger partial charge on any atom is 0.136 e. The summed E-state index contributed by atoms with van der Waals surface area (Å²) in [6.45, 7) is 4.05. The van der Waals surface area contributed by atoms with Crippen molar-refractivity contribution in [3.8, 4) is 11.8 Å². The Balaban J connectivity index is 2.65. The van der Waals surface area contributed by atoms with Gasteiger partial charge in [0.05, 0.1) is 23.1 Å². The highest BCUT2D eigenvalue weighted by molar-refractivity contribution is 9.10. The zero-order valence-corrected chi connectivity index (χ0v) is 11.3. The van der Waals surface area contributed by atoms with Crippen LogP contribution in [0.2, 0.25) is 0 Å². The molecule has 0 aromatic heterocycles. The molecule has 1 aliphatic carbocycles. The molecule has 0 N–H and O–H groups in total. The minimum atomic E-state index is -0.247. The van der Waals surface area contributed by atoms with Gasteiger partial charge in [-0.3, -0.25) is 0 Å². The van der Waals surface area contributed by atoms with Crippen molar-refractivity contribution in [1.29, 1.82) is 5.26 Å². The fraction of sp³-hybridized carbons (Fsp3) is 0.462. The van der Waals surface area contributed by atoms with Crippen molar-refractivity contribution in [2.75, 3.05) is 7.11 Å². The predicted molar refractivity (Wildman–Crippen MR) is 66.7 cm³/mol. The molecular weight excluding hydrogens is 266 g/mol. The number of hydrogen-bond acceptors (Lipinski definition) is 2. The quantitative estimate of drug-likeness (QED) is 0.828. The lowest BCUT2D eigenvalue weighted by Gasteiger charge is -2.17. The topological polar surface area (TPSA) is 33.0 Å². The molecule has 2 nitrogen and oxygen atoms in total. The third-order valence-electron chi connectivity index (χ3n) is 3.33. The second-order valence-corrected chi connectivity index (χ2v) is 5.20. The van der Waals surface area contributed by atoms with E-state index in [0.29, 0.717) is 0 Å². The van der Waals surface area contributed by atoms with Gasteiger partial charge < -0.3 is 4.74 Å². The number of rotatable bonds is 2. The summed E-state index contributed by atoms with van der Waals surface area (Å²) < 4.78 is 6.40. The first-order valence-corrected chi connectivity index (χ1v) is 6.10. The van der Waals surface area contributed by atoms with Crippen LogP contribution in [0.15, 0.2) is 10.5 Å². The van der Waals surface area contributed by atoms with Crippen molar-refractivity contribution in [3.05, 3.63) is 27.2 Å². The summed E-state index contributed by atoms with van der Waals surface area (Å²) in [7, 11) is 1.67. The Morgan fingerprint density at radius 3 is 2.50 bits per heavy atom. The Bertz CT molecular complexity index is 484. The summed E-state index contributed by atoms with van der Waals surface area (Å²) in [6.07, 6.45) is 1.93. The number of benzene rings is 1. The molecule has 1 aromatic carbocycles. The van der Waals surface area contributed by atoms with Gasteiger partial charge in [-0.25, -0.2) is 0 Å². The molecular formula is C13H14BrNO. The molecule has 0 saturated heterocycles. The van der Waals surface area contributed by atoms with E-state index in [1.807, 2.05) is 13.8 Å². The second kappa shape index (κ2) is 3.78. The zero-order valence-electron chi connectivity index (χ0n) is 9.72. The van der Waals surface area contributed by atoms with Gasteiger partial charge in [0.2, 0.25) is 0 Å². The van der Waals surface area contributed by atoms with E-state index in [0.717, 1.165) is 39.8 Å². The lowest BCUT2D eigenvalue weighted by molar-refractivity contribution is 0.407. The third-order valence-corrected chi connectivity index (χ3v) is 4.32. The third kappa shape index (κ3) is 1.53. The lowest BCUT2D eigenvalue weighted by Crippen LogP contribution is -2.07. The van der Waals surface area contributed by atoms with Crippen LogP contribution in [0.5, 0.6) is 5.75 Å². The minimum absolute atomic E-state index is 0.247. The molecule has 0 heterocycles. The van der Waals surface area contributed by atoms with E-state index in [-0.39, 0.29) is 5.41 Å². The molecule has 1 aromatic rings. The Labute approximate surface area is 104 Å². The van der Waals surface area contributed by atoms with Crippen LogP contribution in [-0.4, -0.2) is 7.11 Å². The summed E-state index contributed by atoms with van der Waals surface area (Å²) in [5, 5.41) is 9.26. The van der Waals surface area contributed by atoms with E-state index in [9.17, 15) is 5.26 Å². The first-order valence-electron chi connectivity index (χ1n) is 5.31. The Kier molecular flexibility index (Phi) is 2.71. The molecule has 1 aliphatic rings. The monoisotopic (exact) mass is 279 g/mol. The Morgan fingerprint density at radius 1 is 1.44 bits per heavy atom. The van der Waals surface area contributed by atoms with Gasteiger partial charge in [0, 0.05) is 0 Å². The average Bonchev–Trinajstić information content (AvgIpc) is 3.05. The van der Waals surface area contributed by atoms with Crippen LogP contribution in [0.4, 0.5) is 0 Å². The number of methoxy groups -OCH3 is 1. The number of nitriles is 1. The molecule has 1 saturated carbocycles. The van der Waals surface area contributed by atoms with Gasteiger partial charge in [0.1, 0.15) is 5.75 Å². The number of hydrogen-bond donors (Lipinski definition) is 0. The van der Waals surface area contributed by atoms with Gasteiger partial charge in [-0.15, -0.1) is 0 Å². The molecule has 0 spiro atoms. The van der Waals surface area contributed by atoms with Gasteiger partial charge in [-0.05, 0) is 59.3 Å². The van der Waals surface area contributed by atoms with E-state index in [2.05, 4.69) is 28.1 Å². The maximum absolute atomic E-state index is 9.26. The van der Waals surface area contributed by atoms with Crippen LogP contribution in [0.25, 0.3) is 0 Å². The minimum Gasteiger partial charge on any atom is -0.495 e. The van der Waals surface area contributed by atoms with Gasteiger partial charge in [-0.2, -0.15) is 5.26 Å². The van der Waals surface area contributed by atoms with Gasteiger partial charge in [0.15, 0.2) is 0 Å². The smallest absolute Gasteiger partial charge is 0.136 e. The summed E-state index contributed by atoms with van der Waals surface area (Å²) in [5.74, 6) is 0.858. The Hall–Kier alpha value is -1.01. The molecule has 84 valence electrons. The Morgan fingerprint density at radius 2 is 2.06 bits per heavy atom. The van der Waals surface area contributed by atoms with Crippen molar-refractivity contribution < 1.29 is 4.74 Å². The largest absolute Gasteiger partial charge is 0.495 e. The van der Waals surface area contributed by atoms with Crippen molar-refractivity contribution >= 4 is 15.9 Å². The van der Waals surface area contributed by atoms with Crippen LogP contribution in [0.1, 0.15) is 29.5 Å². The van der Waals surface area contributed by atoms with E-state index in [1.54, 1.807) is 7.11 Å². The van der Waals surface area contributed by atoms with Crippen LogP contribution in [-0.2, 0) is 5.41 Å². The molecule has 1 fully saturated rings. The van der Waals surface area contributed by atoms with Crippen LogP contribution < -0.4 is 4.74 Å². The van der Waals surface area contributed by atoms with Crippen molar-refractivity contribution in [2.45, 2.75) is 32.1 Å². The molecule has 0 amide bonds. The van der Waals surface area contributed by atoms with Crippen molar-refractivity contribution in [1.82, 2.24) is 0 Å². The predicted octanol–water partition coefficient (Wildman–Crippen LogP) is 3.63. The second-order valence-electron chi connectivity index (χ2n) is 4.41. The van der Waals surface area contributed by atoms with E-state index in [1.165, 1.54) is 0 Å². The summed E-state index contributed by atoms with van der Waals surface area (Å²) in [4.78, 5) is 0. The molecule has 0 unspecified atom stereocenters. The highest BCUT2D eigenvalue weighted by Gasteiger charge is 2.46. The highest BCUT2D eigenvalue weighted by atomic mass is 79.9. The molecule has 2 rings (SSSR count). The molecule has 16 heavy (non-hydrogen) atoms. The fourth-order valence-corrected chi connectivity index (χ4v) is 2.73. The van der Waals surface area contributed by atoms with Crippen LogP contribution in [0, 0.1) is 25.2 Å². The van der Waals surface area contributed by atoms with Gasteiger partial charge >= 0.3 is 0 Å². The van der Waals surface area contributed by atoms with Gasteiger partial charge in [-0.1, -0.05) is 6.07 Å².